The molecule has 1 aromatic carbocycles. The first-order chi connectivity index (χ1) is 11.6. The smallest absolute Gasteiger partial charge is 0.326 e. The summed E-state index contributed by atoms with van der Waals surface area (Å²) in [5.41, 5.74) is -0.366. The number of imide groups is 1. The molecule has 0 aliphatic carbocycles. The van der Waals surface area contributed by atoms with E-state index in [1.165, 1.54) is 18.2 Å². The number of carbonyl (C=O) groups excluding carboxylic acids is 3. The van der Waals surface area contributed by atoms with E-state index in [0.29, 0.717) is 11.4 Å². The van der Waals surface area contributed by atoms with Crippen LogP contribution in [0.15, 0.2) is 24.3 Å². The Bertz CT molecular complexity index is 629. The number of quaternary nitrogens is 1. The highest BCUT2D eigenvalue weighted by atomic mass is 19.1. The molecule has 7 nitrogen and oxygen atoms in total. The number of nitrogens with one attached hydrogen (secondary N) is 4. The van der Waals surface area contributed by atoms with Gasteiger partial charge in [0.1, 0.15) is 5.82 Å². The van der Waals surface area contributed by atoms with Crippen LogP contribution in [-0.2, 0) is 9.59 Å². The van der Waals surface area contributed by atoms with Crippen LogP contribution in [0.2, 0.25) is 0 Å². The maximum atomic E-state index is 13.5. The molecule has 8 heteroatoms. The molecule has 0 spiro atoms. The first kappa shape index (κ1) is 20.6. The highest BCUT2D eigenvalue weighted by Gasteiger charge is 2.21. The fraction of sp³-hybridized carbons (Fsp3) is 0.471. The molecule has 0 radical (unpaired) electrons. The van der Waals surface area contributed by atoms with Crippen molar-refractivity contribution in [2.24, 2.45) is 0 Å². The van der Waals surface area contributed by atoms with Crippen LogP contribution < -0.4 is 20.9 Å². The van der Waals surface area contributed by atoms with Gasteiger partial charge in [0.25, 0.3) is 11.8 Å². The molecule has 138 valence electrons. The zero-order chi connectivity index (χ0) is 19.0. The van der Waals surface area contributed by atoms with Gasteiger partial charge in [-0.1, -0.05) is 12.1 Å². The van der Waals surface area contributed by atoms with Gasteiger partial charge >= 0.3 is 6.03 Å². The number of carbonyl (C=O) groups is 3. The van der Waals surface area contributed by atoms with Crippen molar-refractivity contribution in [2.45, 2.75) is 33.2 Å². The zero-order valence-electron chi connectivity index (χ0n) is 15.0. The number of anilines is 1. The van der Waals surface area contributed by atoms with Crippen molar-refractivity contribution < 1.29 is 23.7 Å². The zero-order valence-corrected chi connectivity index (χ0v) is 15.0. The van der Waals surface area contributed by atoms with Gasteiger partial charge in [0.2, 0.25) is 0 Å². The number of para-hydroxylation sites is 1. The van der Waals surface area contributed by atoms with Crippen molar-refractivity contribution in [3.63, 3.8) is 0 Å². The molecular weight excluding hydrogens is 327 g/mol. The van der Waals surface area contributed by atoms with E-state index in [-0.39, 0.29) is 30.2 Å². The van der Waals surface area contributed by atoms with Gasteiger partial charge in [-0.25, -0.2) is 9.18 Å². The Labute approximate surface area is 147 Å². The minimum absolute atomic E-state index is 0.0166. The van der Waals surface area contributed by atoms with Crippen LogP contribution in [0.1, 0.15) is 27.7 Å². The molecule has 0 saturated carbocycles. The highest BCUT2D eigenvalue weighted by Crippen LogP contribution is 2.11. The number of amides is 4. The minimum Gasteiger partial charge on any atom is -0.347 e. The summed E-state index contributed by atoms with van der Waals surface area (Å²) in [5, 5.41) is 7.23. The van der Waals surface area contributed by atoms with Gasteiger partial charge in [-0.3, -0.25) is 14.9 Å². The average molecular weight is 353 g/mol. The second kappa shape index (κ2) is 9.12. The summed E-state index contributed by atoms with van der Waals surface area (Å²) in [4.78, 5) is 36.3. The van der Waals surface area contributed by atoms with Crippen LogP contribution in [0.5, 0.6) is 0 Å². The van der Waals surface area contributed by atoms with E-state index in [1.54, 1.807) is 6.07 Å². The minimum atomic E-state index is -0.815. The summed E-state index contributed by atoms with van der Waals surface area (Å²) in [7, 11) is 0. The number of hydrogen-bond donors (Lipinski definition) is 4. The topological polar surface area (TPSA) is 91.7 Å². The SMILES string of the molecule is CC[NH+](CC(=O)NC(=O)Nc1ccccc1F)CC(=O)NC(C)(C)C. The average Bonchev–Trinajstić information content (AvgIpc) is 2.46. The number of benzene rings is 1. The van der Waals surface area contributed by atoms with Gasteiger partial charge in [0.05, 0.1) is 12.2 Å². The van der Waals surface area contributed by atoms with Crippen LogP contribution in [0.4, 0.5) is 14.9 Å². The molecule has 0 aliphatic heterocycles. The van der Waals surface area contributed by atoms with Crippen molar-refractivity contribution >= 4 is 23.5 Å². The number of rotatable bonds is 6. The number of hydrogen-bond acceptors (Lipinski definition) is 3. The lowest BCUT2D eigenvalue weighted by atomic mass is 10.1. The normalized spacial score (nSPS) is 12.2. The summed E-state index contributed by atoms with van der Waals surface area (Å²) in [6.45, 7) is 8.07. The largest absolute Gasteiger partial charge is 0.347 e. The molecule has 4 N–H and O–H groups in total. The Balaban J connectivity index is 2.49. The van der Waals surface area contributed by atoms with Crippen LogP contribution in [-0.4, -0.2) is 43.0 Å². The Morgan fingerprint density at radius 3 is 2.24 bits per heavy atom. The molecule has 0 fully saturated rings. The number of halogens is 1. The van der Waals surface area contributed by atoms with E-state index in [1.807, 2.05) is 27.7 Å². The Morgan fingerprint density at radius 2 is 1.68 bits per heavy atom. The summed E-state index contributed by atoms with van der Waals surface area (Å²) in [6, 6.07) is 4.84. The van der Waals surface area contributed by atoms with Gasteiger partial charge in [-0.15, -0.1) is 0 Å². The second-order valence-electron chi connectivity index (χ2n) is 6.74. The summed E-state index contributed by atoms with van der Waals surface area (Å²) < 4.78 is 13.5. The molecule has 4 amide bonds. The van der Waals surface area contributed by atoms with Crippen molar-refractivity contribution in [2.75, 3.05) is 25.0 Å². The number of urea groups is 1. The van der Waals surface area contributed by atoms with Crippen molar-refractivity contribution in [1.82, 2.24) is 10.6 Å². The molecule has 1 unspecified atom stereocenters. The standard InChI is InChI=1S/C17H25FN4O3/c1-5-22(11-15(24)21-17(2,3)4)10-14(23)20-16(25)19-13-9-7-6-8-12(13)18/h6-9H,5,10-11H2,1-4H3,(H,21,24)(H2,19,20,23,25)/p+1. The molecule has 0 aromatic heterocycles. The van der Waals surface area contributed by atoms with E-state index in [2.05, 4.69) is 16.0 Å². The maximum absolute atomic E-state index is 13.5. The lowest BCUT2D eigenvalue weighted by molar-refractivity contribution is -0.881. The van der Waals surface area contributed by atoms with Gasteiger partial charge in [-0.2, -0.15) is 0 Å². The van der Waals surface area contributed by atoms with Crippen LogP contribution in [0.25, 0.3) is 0 Å². The molecule has 1 rings (SSSR count). The summed E-state index contributed by atoms with van der Waals surface area (Å²) in [5.74, 6) is -1.31. The van der Waals surface area contributed by atoms with E-state index >= 15 is 0 Å². The second-order valence-corrected chi connectivity index (χ2v) is 6.74. The molecule has 0 saturated heterocycles. The first-order valence-corrected chi connectivity index (χ1v) is 8.10. The van der Waals surface area contributed by atoms with Gasteiger partial charge in [0.15, 0.2) is 13.1 Å². The van der Waals surface area contributed by atoms with E-state index < -0.39 is 17.8 Å². The fourth-order valence-electron chi connectivity index (χ4n) is 2.12. The summed E-state index contributed by atoms with van der Waals surface area (Å²) >= 11 is 0. The molecule has 0 aliphatic rings. The Kier molecular flexibility index (Phi) is 7.50. The molecule has 0 bridgehead atoms. The predicted octanol–water partition coefficient (Wildman–Crippen LogP) is 0.293. The molecule has 0 heterocycles. The predicted molar refractivity (Wildman–Crippen MR) is 92.7 cm³/mol. The first-order valence-electron chi connectivity index (χ1n) is 8.10. The highest BCUT2D eigenvalue weighted by molar-refractivity contribution is 6.01. The summed E-state index contributed by atoms with van der Waals surface area (Å²) in [6.07, 6.45) is 0. The molecular formula is C17H26FN4O3+. The van der Waals surface area contributed by atoms with Gasteiger partial charge in [-0.05, 0) is 39.8 Å². The lowest BCUT2D eigenvalue weighted by Gasteiger charge is -2.22. The van der Waals surface area contributed by atoms with Crippen molar-refractivity contribution in [3.8, 4) is 0 Å². The Hall–Kier alpha value is -2.48. The maximum Gasteiger partial charge on any atom is 0.326 e. The van der Waals surface area contributed by atoms with Crippen molar-refractivity contribution in [1.29, 1.82) is 0 Å². The third-order valence-electron chi connectivity index (χ3n) is 3.21. The Morgan fingerprint density at radius 1 is 1.08 bits per heavy atom. The van der Waals surface area contributed by atoms with Crippen LogP contribution >= 0.6 is 0 Å². The third-order valence-corrected chi connectivity index (χ3v) is 3.21. The fourth-order valence-corrected chi connectivity index (χ4v) is 2.12. The molecule has 1 atom stereocenters. The third kappa shape index (κ3) is 8.25. The van der Waals surface area contributed by atoms with E-state index in [9.17, 15) is 18.8 Å². The molecule has 25 heavy (non-hydrogen) atoms. The lowest BCUT2D eigenvalue weighted by Crippen LogP contribution is -3.14. The van der Waals surface area contributed by atoms with E-state index in [4.69, 9.17) is 0 Å². The van der Waals surface area contributed by atoms with Crippen LogP contribution in [0, 0.1) is 5.82 Å². The van der Waals surface area contributed by atoms with E-state index in [0.717, 1.165) is 0 Å². The quantitative estimate of drug-likeness (QED) is 0.593. The van der Waals surface area contributed by atoms with Crippen LogP contribution in [0.3, 0.4) is 0 Å². The molecule has 1 aromatic rings. The van der Waals surface area contributed by atoms with Crippen molar-refractivity contribution in [3.05, 3.63) is 30.1 Å². The monoisotopic (exact) mass is 353 g/mol. The number of likely N-dealkylation sites (N-methyl/N-ethyl adjacent to an activating group) is 1. The van der Waals surface area contributed by atoms with Gasteiger partial charge < -0.3 is 15.5 Å². The van der Waals surface area contributed by atoms with Gasteiger partial charge in [0, 0.05) is 5.54 Å².